The van der Waals surface area contributed by atoms with Crippen LogP contribution in [0.4, 0.5) is 5.69 Å². The number of aliphatic carboxylic acids is 1. The van der Waals surface area contributed by atoms with Gasteiger partial charge in [0.1, 0.15) is 0 Å². The third-order valence-corrected chi connectivity index (χ3v) is 4.50. The molecule has 0 aromatic heterocycles. The lowest BCUT2D eigenvalue weighted by Crippen LogP contribution is -2.46. The van der Waals surface area contributed by atoms with Crippen LogP contribution in [0.1, 0.15) is 26.3 Å². The van der Waals surface area contributed by atoms with Crippen LogP contribution in [0, 0.1) is 5.92 Å². The van der Waals surface area contributed by atoms with E-state index < -0.39 is 12.0 Å². The Balaban J connectivity index is 2.53. The zero-order valence-corrected chi connectivity index (χ0v) is 16.0. The normalized spacial score (nSPS) is 13.1. The van der Waals surface area contributed by atoms with Gasteiger partial charge in [0.25, 0.3) is 0 Å². The van der Waals surface area contributed by atoms with Gasteiger partial charge in [-0.1, -0.05) is 19.1 Å². The second-order valence-corrected chi connectivity index (χ2v) is 6.20. The minimum Gasteiger partial charge on any atom is -0.480 e. The molecule has 2 atom stereocenters. The molecule has 7 heteroatoms. The Morgan fingerprint density at radius 1 is 1.24 bits per heavy atom. The predicted octanol–water partition coefficient (Wildman–Crippen LogP) is 2.18. The van der Waals surface area contributed by atoms with Gasteiger partial charge in [-0.15, -0.1) is 0 Å². The molecule has 6 nitrogen and oxygen atoms in total. The number of nitrogens with one attached hydrogen (secondary N) is 1. The number of carbonyl (C=O) groups is 2. The number of hydrogen-bond acceptors (Lipinski definition) is 5. The maximum atomic E-state index is 11.8. The lowest BCUT2D eigenvalue weighted by Gasteiger charge is -2.21. The van der Waals surface area contributed by atoms with Gasteiger partial charge in [0.05, 0.1) is 13.2 Å². The fourth-order valence-corrected chi connectivity index (χ4v) is 2.42. The van der Waals surface area contributed by atoms with E-state index >= 15 is 0 Å². The van der Waals surface area contributed by atoms with E-state index in [1.54, 1.807) is 6.92 Å². The Bertz CT molecular complexity index is 547. The smallest absolute Gasteiger partial charge is 0.328 e. The molecular weight excluding hydrogens is 340 g/mol. The first kappa shape index (κ1) is 21.3. The standard InChI is InChI=1S/C18H28N2O4S/c1-4-20(5-2)15-8-6-14(7-9-15)10-24-11-16(18(22)23)19-17(21)13(3)12-25/h6-9,13,16,25H,4-5,10-12H2,1-3H3,(H,19,21)(H,22,23)/t13-,16?/m1/s1. The van der Waals surface area contributed by atoms with Crippen LogP contribution >= 0.6 is 12.6 Å². The number of carbonyl (C=O) groups excluding carboxylic acids is 1. The fourth-order valence-electron chi connectivity index (χ4n) is 2.26. The zero-order chi connectivity index (χ0) is 18.8. The summed E-state index contributed by atoms with van der Waals surface area (Å²) in [7, 11) is 0. The molecule has 140 valence electrons. The summed E-state index contributed by atoms with van der Waals surface area (Å²) in [4.78, 5) is 25.3. The number of amides is 1. The molecule has 0 aliphatic rings. The lowest BCUT2D eigenvalue weighted by atomic mass is 10.2. The Morgan fingerprint density at radius 2 is 1.84 bits per heavy atom. The summed E-state index contributed by atoms with van der Waals surface area (Å²) in [5.74, 6) is -1.44. The summed E-state index contributed by atoms with van der Waals surface area (Å²) < 4.78 is 5.48. The van der Waals surface area contributed by atoms with Gasteiger partial charge in [-0.2, -0.15) is 12.6 Å². The van der Waals surface area contributed by atoms with Crippen molar-refractivity contribution < 1.29 is 19.4 Å². The highest BCUT2D eigenvalue weighted by Gasteiger charge is 2.22. The number of thiol groups is 1. The van der Waals surface area contributed by atoms with E-state index in [9.17, 15) is 14.7 Å². The van der Waals surface area contributed by atoms with E-state index in [4.69, 9.17) is 4.74 Å². The Kier molecular flexibility index (Phi) is 9.37. The highest BCUT2D eigenvalue weighted by Crippen LogP contribution is 2.15. The minimum absolute atomic E-state index is 0.0852. The number of anilines is 1. The molecule has 2 N–H and O–H groups in total. The van der Waals surface area contributed by atoms with E-state index in [1.807, 2.05) is 24.3 Å². The number of nitrogens with zero attached hydrogens (tertiary/aromatic N) is 1. The molecule has 0 aliphatic carbocycles. The molecule has 1 unspecified atom stereocenters. The van der Waals surface area contributed by atoms with Crippen LogP contribution in [0.15, 0.2) is 24.3 Å². The number of benzene rings is 1. The molecule has 0 aliphatic heterocycles. The molecule has 0 fully saturated rings. The second kappa shape index (κ2) is 11.0. The second-order valence-electron chi connectivity index (χ2n) is 5.84. The van der Waals surface area contributed by atoms with Gasteiger partial charge in [-0.25, -0.2) is 4.79 Å². The van der Waals surface area contributed by atoms with Gasteiger partial charge >= 0.3 is 5.97 Å². The van der Waals surface area contributed by atoms with E-state index in [-0.39, 0.29) is 18.4 Å². The van der Waals surface area contributed by atoms with Crippen LogP contribution in [0.25, 0.3) is 0 Å². The number of hydrogen-bond donors (Lipinski definition) is 3. The first-order chi connectivity index (χ1) is 11.9. The van der Waals surface area contributed by atoms with Gasteiger partial charge in [-0.05, 0) is 31.5 Å². The van der Waals surface area contributed by atoms with Crippen molar-refractivity contribution in [1.82, 2.24) is 5.32 Å². The van der Waals surface area contributed by atoms with Crippen molar-refractivity contribution in [3.63, 3.8) is 0 Å². The molecule has 0 saturated carbocycles. The number of ether oxygens (including phenoxy) is 1. The average molecular weight is 368 g/mol. The van der Waals surface area contributed by atoms with Gasteiger partial charge in [0.15, 0.2) is 6.04 Å². The number of carboxylic acids is 1. The third kappa shape index (κ3) is 6.96. The molecule has 25 heavy (non-hydrogen) atoms. The van der Waals surface area contributed by atoms with E-state index in [1.165, 1.54) is 0 Å². The molecular formula is C18H28N2O4S. The van der Waals surface area contributed by atoms with Crippen molar-refractivity contribution in [2.24, 2.45) is 5.92 Å². The van der Waals surface area contributed by atoms with Crippen molar-refractivity contribution in [3.8, 4) is 0 Å². The molecule has 0 saturated heterocycles. The van der Waals surface area contributed by atoms with E-state index in [0.717, 1.165) is 24.3 Å². The van der Waals surface area contributed by atoms with Crippen LogP contribution in [0.5, 0.6) is 0 Å². The summed E-state index contributed by atoms with van der Waals surface area (Å²) in [6.45, 7) is 8.00. The summed E-state index contributed by atoms with van der Waals surface area (Å²) in [6.07, 6.45) is 0. The summed E-state index contributed by atoms with van der Waals surface area (Å²) in [5, 5.41) is 11.7. The summed E-state index contributed by atoms with van der Waals surface area (Å²) in [6, 6.07) is 6.91. The average Bonchev–Trinajstić information content (AvgIpc) is 2.62. The van der Waals surface area contributed by atoms with Crippen LogP contribution in [-0.4, -0.2) is 48.5 Å². The highest BCUT2D eigenvalue weighted by molar-refractivity contribution is 7.80. The van der Waals surface area contributed by atoms with Gasteiger partial charge in [0.2, 0.25) is 5.91 Å². The molecule has 1 rings (SSSR count). The Morgan fingerprint density at radius 3 is 2.32 bits per heavy atom. The minimum atomic E-state index is -1.11. The number of rotatable bonds is 11. The molecule has 0 bridgehead atoms. The SMILES string of the molecule is CCN(CC)c1ccc(COCC(NC(=O)[C@H](C)CS)C(=O)O)cc1. The Labute approximate surface area is 155 Å². The van der Waals surface area contributed by atoms with Crippen molar-refractivity contribution in [2.45, 2.75) is 33.4 Å². The van der Waals surface area contributed by atoms with E-state index in [2.05, 4.69) is 36.7 Å². The fraction of sp³-hybridized carbons (Fsp3) is 0.556. The molecule has 0 spiro atoms. The maximum Gasteiger partial charge on any atom is 0.328 e. The largest absolute Gasteiger partial charge is 0.480 e. The third-order valence-electron chi connectivity index (χ3n) is 3.95. The quantitative estimate of drug-likeness (QED) is 0.522. The maximum absolute atomic E-state index is 11.8. The lowest BCUT2D eigenvalue weighted by molar-refractivity contribution is -0.144. The van der Waals surface area contributed by atoms with Crippen LogP contribution in [0.2, 0.25) is 0 Å². The molecule has 1 aromatic carbocycles. The monoisotopic (exact) mass is 368 g/mol. The predicted molar refractivity (Wildman–Crippen MR) is 102 cm³/mol. The van der Waals surface area contributed by atoms with Crippen LogP contribution in [-0.2, 0) is 20.9 Å². The topological polar surface area (TPSA) is 78.9 Å². The summed E-state index contributed by atoms with van der Waals surface area (Å²) in [5.41, 5.74) is 2.10. The van der Waals surface area contributed by atoms with Crippen molar-refractivity contribution in [1.29, 1.82) is 0 Å². The van der Waals surface area contributed by atoms with Gasteiger partial charge in [0, 0.05) is 30.4 Å². The van der Waals surface area contributed by atoms with E-state index in [0.29, 0.717) is 12.4 Å². The van der Waals surface area contributed by atoms with Crippen molar-refractivity contribution >= 4 is 30.2 Å². The van der Waals surface area contributed by atoms with Gasteiger partial charge in [-0.3, -0.25) is 4.79 Å². The van der Waals surface area contributed by atoms with Crippen molar-refractivity contribution in [2.75, 3.05) is 30.3 Å². The Hall–Kier alpha value is -1.73. The zero-order valence-electron chi connectivity index (χ0n) is 15.1. The summed E-state index contributed by atoms with van der Waals surface area (Å²) >= 11 is 4.04. The number of carboxylic acid groups (broad SMARTS) is 1. The van der Waals surface area contributed by atoms with Gasteiger partial charge < -0.3 is 20.1 Å². The van der Waals surface area contributed by atoms with Crippen molar-refractivity contribution in [3.05, 3.63) is 29.8 Å². The molecule has 0 heterocycles. The highest BCUT2D eigenvalue weighted by atomic mass is 32.1. The molecule has 0 radical (unpaired) electrons. The first-order valence-electron chi connectivity index (χ1n) is 8.48. The van der Waals surface area contributed by atoms with Crippen LogP contribution < -0.4 is 10.2 Å². The molecule has 1 aromatic rings. The molecule has 1 amide bonds. The van der Waals surface area contributed by atoms with Crippen LogP contribution in [0.3, 0.4) is 0 Å². The first-order valence-corrected chi connectivity index (χ1v) is 9.11.